The molecule has 2 aliphatic rings. The lowest BCUT2D eigenvalue weighted by molar-refractivity contribution is -0.135. The van der Waals surface area contributed by atoms with E-state index in [1.165, 1.54) is 0 Å². The number of aromatic nitrogens is 2. The first kappa shape index (κ1) is 21.3. The Morgan fingerprint density at radius 2 is 2.10 bits per heavy atom. The van der Waals surface area contributed by atoms with Gasteiger partial charge < -0.3 is 9.64 Å². The number of aryl methyl sites for hydroxylation is 1. The number of benzene rings is 1. The number of fused-ring (bicyclic) bond motifs is 1. The van der Waals surface area contributed by atoms with E-state index in [0.29, 0.717) is 25.3 Å². The molecule has 0 aliphatic carbocycles. The van der Waals surface area contributed by atoms with Gasteiger partial charge in [-0.2, -0.15) is 0 Å². The van der Waals surface area contributed by atoms with E-state index in [1.807, 2.05) is 49.9 Å². The number of hydrogen-bond acceptors (Lipinski definition) is 5. The van der Waals surface area contributed by atoms with Crippen LogP contribution in [0.1, 0.15) is 55.3 Å². The number of piperidine rings is 1. The number of carbonyl (C=O) groups is 2. The van der Waals surface area contributed by atoms with E-state index in [9.17, 15) is 9.59 Å². The highest BCUT2D eigenvalue weighted by molar-refractivity contribution is 6.00. The number of nitrogens with zero attached hydrogens (tertiary/aromatic N) is 4. The second-order valence-corrected chi connectivity index (χ2v) is 8.76. The molecule has 0 radical (unpaired) electrons. The Balaban J connectivity index is 1.61. The van der Waals surface area contributed by atoms with Crippen molar-refractivity contribution in [3.63, 3.8) is 0 Å². The molecule has 1 atom stereocenters. The minimum absolute atomic E-state index is 0.0163. The van der Waals surface area contributed by atoms with Gasteiger partial charge in [0.25, 0.3) is 0 Å². The minimum atomic E-state index is -0.0163. The number of likely N-dealkylation sites (tertiary alicyclic amines) is 1. The van der Waals surface area contributed by atoms with E-state index in [1.54, 1.807) is 12.0 Å². The fraction of sp³-hybridized carbons (Fsp3) is 0.500. The molecule has 0 saturated carbocycles. The Bertz CT molecular complexity index is 1000. The van der Waals surface area contributed by atoms with Crippen LogP contribution in [-0.4, -0.2) is 46.9 Å². The summed E-state index contributed by atoms with van der Waals surface area (Å²) in [6.07, 6.45) is 2.22. The van der Waals surface area contributed by atoms with Crippen molar-refractivity contribution < 1.29 is 14.3 Å². The van der Waals surface area contributed by atoms with Gasteiger partial charge in [-0.15, -0.1) is 0 Å². The molecule has 1 aromatic heterocycles. The van der Waals surface area contributed by atoms with Crippen molar-refractivity contribution >= 4 is 17.6 Å². The Kier molecular flexibility index (Phi) is 5.94. The maximum Gasteiger partial charge on any atom is 0.233 e. The van der Waals surface area contributed by atoms with Crippen LogP contribution in [-0.2, 0) is 22.6 Å². The topological polar surface area (TPSA) is 75.6 Å². The van der Waals surface area contributed by atoms with Crippen molar-refractivity contribution in [1.82, 2.24) is 14.9 Å². The van der Waals surface area contributed by atoms with E-state index in [4.69, 9.17) is 14.7 Å². The van der Waals surface area contributed by atoms with Crippen LogP contribution >= 0.6 is 0 Å². The van der Waals surface area contributed by atoms with Crippen LogP contribution in [0.5, 0.6) is 5.75 Å². The quantitative estimate of drug-likeness (QED) is 0.739. The molecule has 2 amide bonds. The maximum absolute atomic E-state index is 12.8. The van der Waals surface area contributed by atoms with Gasteiger partial charge in [-0.05, 0) is 37.5 Å². The van der Waals surface area contributed by atoms with Crippen LogP contribution in [0.2, 0.25) is 0 Å². The third-order valence-electron chi connectivity index (χ3n) is 6.16. The van der Waals surface area contributed by atoms with Gasteiger partial charge in [0.15, 0.2) is 0 Å². The lowest BCUT2D eigenvalue weighted by atomic mass is 9.95. The van der Waals surface area contributed by atoms with Gasteiger partial charge in [0.1, 0.15) is 17.4 Å². The standard InChI is InChI=1S/C24H30N4O3/c1-15(2)24(30)27-10-6-8-18(14-27)22-25-16(3)20-12-21(29)28(23(20)26-22)13-17-7-5-9-19(11-17)31-4/h5,7,9,11,15,18H,6,8,10,12-14H2,1-4H3/t18-/m0/s1. The summed E-state index contributed by atoms with van der Waals surface area (Å²) in [7, 11) is 1.63. The highest BCUT2D eigenvalue weighted by Crippen LogP contribution is 2.34. The molecular formula is C24H30N4O3. The number of ether oxygens (including phenoxy) is 1. The number of hydrogen-bond donors (Lipinski definition) is 0. The summed E-state index contributed by atoms with van der Waals surface area (Å²) in [5.74, 6) is 2.50. The zero-order valence-electron chi connectivity index (χ0n) is 18.7. The molecule has 31 heavy (non-hydrogen) atoms. The van der Waals surface area contributed by atoms with E-state index in [-0.39, 0.29) is 23.7 Å². The monoisotopic (exact) mass is 422 g/mol. The predicted octanol–water partition coefficient (Wildman–Crippen LogP) is 3.24. The summed E-state index contributed by atoms with van der Waals surface area (Å²) in [5, 5.41) is 0. The van der Waals surface area contributed by atoms with Crippen LogP contribution in [0.25, 0.3) is 0 Å². The first-order valence-electron chi connectivity index (χ1n) is 11.0. The molecule has 2 aliphatic heterocycles. The Labute approximate surface area is 183 Å². The third-order valence-corrected chi connectivity index (χ3v) is 6.16. The molecule has 0 N–H and O–H groups in total. The van der Waals surface area contributed by atoms with E-state index in [2.05, 4.69) is 0 Å². The Hall–Kier alpha value is -2.96. The molecule has 3 heterocycles. The lowest BCUT2D eigenvalue weighted by Crippen LogP contribution is -2.41. The molecule has 164 valence electrons. The molecule has 1 aromatic carbocycles. The Morgan fingerprint density at radius 1 is 1.29 bits per heavy atom. The van der Waals surface area contributed by atoms with Crippen LogP contribution in [0, 0.1) is 12.8 Å². The average molecular weight is 423 g/mol. The maximum atomic E-state index is 12.8. The second kappa shape index (κ2) is 8.65. The van der Waals surface area contributed by atoms with Crippen LogP contribution in [0.15, 0.2) is 24.3 Å². The first-order chi connectivity index (χ1) is 14.9. The fourth-order valence-electron chi connectivity index (χ4n) is 4.45. The molecule has 0 spiro atoms. The van der Waals surface area contributed by atoms with Crippen molar-refractivity contribution in [2.75, 3.05) is 25.1 Å². The first-order valence-corrected chi connectivity index (χ1v) is 11.0. The van der Waals surface area contributed by atoms with Crippen molar-refractivity contribution in [2.45, 2.75) is 52.5 Å². The number of rotatable bonds is 5. The number of methoxy groups -OCH3 is 1. The summed E-state index contributed by atoms with van der Waals surface area (Å²) < 4.78 is 5.32. The minimum Gasteiger partial charge on any atom is -0.497 e. The largest absolute Gasteiger partial charge is 0.497 e. The summed E-state index contributed by atoms with van der Waals surface area (Å²) in [4.78, 5) is 38.6. The lowest BCUT2D eigenvalue weighted by Gasteiger charge is -2.33. The SMILES string of the molecule is COc1cccc(CN2C(=O)Cc3c(C)nc([C@H]4CCCN(C(=O)C(C)C)C4)nc32)c1. The number of carbonyl (C=O) groups excluding carboxylic acids is 2. The highest BCUT2D eigenvalue weighted by atomic mass is 16.5. The third kappa shape index (κ3) is 4.27. The predicted molar refractivity (Wildman–Crippen MR) is 118 cm³/mol. The summed E-state index contributed by atoms with van der Waals surface area (Å²) in [6, 6.07) is 7.74. The molecule has 1 fully saturated rings. The van der Waals surface area contributed by atoms with Crippen LogP contribution in [0.4, 0.5) is 5.82 Å². The number of anilines is 1. The van der Waals surface area contributed by atoms with Gasteiger partial charge in [0.2, 0.25) is 11.8 Å². The zero-order valence-corrected chi connectivity index (χ0v) is 18.7. The fourth-order valence-corrected chi connectivity index (χ4v) is 4.45. The van der Waals surface area contributed by atoms with Crippen molar-refractivity contribution in [1.29, 1.82) is 0 Å². The van der Waals surface area contributed by atoms with Crippen molar-refractivity contribution in [2.24, 2.45) is 5.92 Å². The molecule has 7 nitrogen and oxygen atoms in total. The van der Waals surface area contributed by atoms with Crippen LogP contribution < -0.4 is 9.64 Å². The van der Waals surface area contributed by atoms with Gasteiger partial charge in [-0.1, -0.05) is 26.0 Å². The molecule has 0 bridgehead atoms. The average Bonchev–Trinajstić information content (AvgIpc) is 3.09. The molecular weight excluding hydrogens is 392 g/mol. The van der Waals surface area contributed by atoms with Gasteiger partial charge in [-0.25, -0.2) is 9.97 Å². The summed E-state index contributed by atoms with van der Waals surface area (Å²) in [5.41, 5.74) is 2.75. The highest BCUT2D eigenvalue weighted by Gasteiger charge is 2.34. The van der Waals surface area contributed by atoms with E-state index < -0.39 is 0 Å². The smallest absolute Gasteiger partial charge is 0.233 e. The van der Waals surface area contributed by atoms with Gasteiger partial charge in [0, 0.05) is 36.2 Å². The number of amides is 2. The van der Waals surface area contributed by atoms with E-state index >= 15 is 0 Å². The molecule has 4 rings (SSSR count). The van der Waals surface area contributed by atoms with Crippen molar-refractivity contribution in [3.8, 4) is 5.75 Å². The molecule has 7 heteroatoms. The Morgan fingerprint density at radius 3 is 2.84 bits per heavy atom. The summed E-state index contributed by atoms with van der Waals surface area (Å²) in [6.45, 7) is 7.69. The molecule has 0 unspecified atom stereocenters. The second-order valence-electron chi connectivity index (χ2n) is 8.76. The molecule has 1 saturated heterocycles. The van der Waals surface area contributed by atoms with Gasteiger partial charge >= 0.3 is 0 Å². The summed E-state index contributed by atoms with van der Waals surface area (Å²) >= 11 is 0. The van der Waals surface area contributed by atoms with Gasteiger partial charge in [0.05, 0.1) is 20.1 Å². The van der Waals surface area contributed by atoms with E-state index in [0.717, 1.165) is 47.8 Å². The van der Waals surface area contributed by atoms with Crippen LogP contribution in [0.3, 0.4) is 0 Å². The van der Waals surface area contributed by atoms with Gasteiger partial charge in [-0.3, -0.25) is 14.5 Å². The normalized spacial score (nSPS) is 18.5. The molecule has 2 aromatic rings. The zero-order chi connectivity index (χ0) is 22.1. The van der Waals surface area contributed by atoms with Crippen molar-refractivity contribution in [3.05, 3.63) is 46.9 Å².